The maximum Gasteiger partial charge on any atom is -0.00426 e. The van der Waals surface area contributed by atoms with Gasteiger partial charge in [0.25, 0.3) is 0 Å². The molecule has 2 N–H and O–H groups in total. The quantitative estimate of drug-likeness (QED) is 0.603. The fraction of sp³-hybridized carbons (Fsp3) is 0.600. The summed E-state index contributed by atoms with van der Waals surface area (Å²) in [5.74, 6) is 0.610. The van der Waals surface area contributed by atoms with E-state index in [1.165, 1.54) is 5.57 Å². The molecule has 0 aliphatic rings. The standard InChI is InChI=1S/C10H19N/c1-9(2)8-10(3)6-4-5-7-11/h4,6,10H,1,5,7-8,11H2,2-3H3/b6-4-. The molecular formula is C10H19N. The summed E-state index contributed by atoms with van der Waals surface area (Å²) in [4.78, 5) is 0. The largest absolute Gasteiger partial charge is 0.330 e. The van der Waals surface area contributed by atoms with Gasteiger partial charge in [-0.25, -0.2) is 0 Å². The molecule has 0 saturated carbocycles. The van der Waals surface area contributed by atoms with Crippen LogP contribution in [0.1, 0.15) is 26.7 Å². The van der Waals surface area contributed by atoms with Gasteiger partial charge in [-0.15, -0.1) is 6.58 Å². The zero-order valence-electron chi connectivity index (χ0n) is 7.64. The molecule has 11 heavy (non-hydrogen) atoms. The topological polar surface area (TPSA) is 26.0 Å². The Labute approximate surface area is 70.0 Å². The second kappa shape index (κ2) is 6.17. The highest BCUT2D eigenvalue weighted by Gasteiger charge is 1.95. The Kier molecular flexibility index (Phi) is 5.86. The second-order valence-electron chi connectivity index (χ2n) is 3.14. The number of rotatable bonds is 5. The highest BCUT2D eigenvalue weighted by atomic mass is 14.5. The molecule has 64 valence electrons. The minimum atomic E-state index is 0.610. The maximum atomic E-state index is 5.35. The van der Waals surface area contributed by atoms with E-state index in [9.17, 15) is 0 Å². The van der Waals surface area contributed by atoms with Crippen molar-refractivity contribution in [3.05, 3.63) is 24.3 Å². The van der Waals surface area contributed by atoms with Crippen LogP contribution in [0.2, 0.25) is 0 Å². The lowest BCUT2D eigenvalue weighted by Gasteiger charge is -2.03. The predicted molar refractivity (Wildman–Crippen MR) is 51.4 cm³/mol. The van der Waals surface area contributed by atoms with E-state index in [2.05, 4.69) is 32.6 Å². The van der Waals surface area contributed by atoms with Crippen LogP contribution in [0.15, 0.2) is 24.3 Å². The van der Waals surface area contributed by atoms with Gasteiger partial charge in [-0.2, -0.15) is 0 Å². The van der Waals surface area contributed by atoms with Gasteiger partial charge in [0.05, 0.1) is 0 Å². The third-order valence-corrected chi connectivity index (χ3v) is 1.47. The van der Waals surface area contributed by atoms with Crippen LogP contribution in [0.3, 0.4) is 0 Å². The molecule has 0 aromatic heterocycles. The average Bonchev–Trinajstić information content (AvgIpc) is 1.86. The van der Waals surface area contributed by atoms with Crippen molar-refractivity contribution in [3.8, 4) is 0 Å². The molecule has 0 fully saturated rings. The number of nitrogens with two attached hydrogens (primary N) is 1. The Morgan fingerprint density at radius 3 is 2.73 bits per heavy atom. The Morgan fingerprint density at radius 1 is 1.64 bits per heavy atom. The fourth-order valence-corrected chi connectivity index (χ4v) is 1.04. The molecule has 0 aliphatic carbocycles. The van der Waals surface area contributed by atoms with E-state index >= 15 is 0 Å². The molecule has 0 aromatic carbocycles. The van der Waals surface area contributed by atoms with Crippen LogP contribution >= 0.6 is 0 Å². The maximum absolute atomic E-state index is 5.35. The van der Waals surface area contributed by atoms with Crippen molar-refractivity contribution in [2.45, 2.75) is 26.7 Å². The first-order valence-corrected chi connectivity index (χ1v) is 4.18. The normalized spacial score (nSPS) is 13.7. The summed E-state index contributed by atoms with van der Waals surface area (Å²) in [5, 5.41) is 0. The van der Waals surface area contributed by atoms with Crippen LogP contribution in [0, 0.1) is 5.92 Å². The summed E-state index contributed by atoms with van der Waals surface area (Å²) in [7, 11) is 0. The van der Waals surface area contributed by atoms with E-state index in [0.717, 1.165) is 19.4 Å². The summed E-state index contributed by atoms with van der Waals surface area (Å²) in [5.41, 5.74) is 6.59. The molecule has 0 radical (unpaired) electrons. The van der Waals surface area contributed by atoms with Crippen LogP contribution in [0.4, 0.5) is 0 Å². The average molecular weight is 153 g/mol. The summed E-state index contributed by atoms with van der Waals surface area (Å²) >= 11 is 0. The van der Waals surface area contributed by atoms with Crippen LogP contribution in [-0.4, -0.2) is 6.54 Å². The lowest BCUT2D eigenvalue weighted by atomic mass is 10.0. The molecule has 1 unspecified atom stereocenters. The van der Waals surface area contributed by atoms with E-state index in [1.54, 1.807) is 0 Å². The third kappa shape index (κ3) is 7.34. The SMILES string of the molecule is C=C(C)CC(C)/C=C\CCN. The van der Waals surface area contributed by atoms with Crippen molar-refractivity contribution in [2.75, 3.05) is 6.54 Å². The van der Waals surface area contributed by atoms with Gasteiger partial charge in [-0.1, -0.05) is 24.6 Å². The van der Waals surface area contributed by atoms with Crippen molar-refractivity contribution in [3.63, 3.8) is 0 Å². The molecular weight excluding hydrogens is 134 g/mol. The Bertz CT molecular complexity index is 136. The van der Waals surface area contributed by atoms with Crippen LogP contribution < -0.4 is 5.73 Å². The number of hydrogen-bond donors (Lipinski definition) is 1. The zero-order chi connectivity index (χ0) is 8.69. The van der Waals surface area contributed by atoms with E-state index in [-0.39, 0.29) is 0 Å². The van der Waals surface area contributed by atoms with Crippen LogP contribution in [-0.2, 0) is 0 Å². The summed E-state index contributed by atoms with van der Waals surface area (Å²) in [6.45, 7) is 8.87. The van der Waals surface area contributed by atoms with Gasteiger partial charge in [-0.05, 0) is 32.2 Å². The Hall–Kier alpha value is -0.560. The van der Waals surface area contributed by atoms with Crippen molar-refractivity contribution in [1.29, 1.82) is 0 Å². The van der Waals surface area contributed by atoms with Crippen LogP contribution in [0.25, 0.3) is 0 Å². The molecule has 0 spiro atoms. The van der Waals surface area contributed by atoms with Crippen molar-refractivity contribution >= 4 is 0 Å². The van der Waals surface area contributed by atoms with Gasteiger partial charge in [0.15, 0.2) is 0 Å². The zero-order valence-corrected chi connectivity index (χ0v) is 7.64. The van der Waals surface area contributed by atoms with Gasteiger partial charge in [-0.3, -0.25) is 0 Å². The van der Waals surface area contributed by atoms with E-state index in [1.807, 2.05) is 0 Å². The highest BCUT2D eigenvalue weighted by Crippen LogP contribution is 2.09. The first kappa shape index (κ1) is 10.4. The lowest BCUT2D eigenvalue weighted by molar-refractivity contribution is 0.714. The van der Waals surface area contributed by atoms with Gasteiger partial charge in [0.2, 0.25) is 0 Å². The van der Waals surface area contributed by atoms with Gasteiger partial charge < -0.3 is 5.73 Å². The molecule has 0 rings (SSSR count). The molecule has 1 atom stereocenters. The predicted octanol–water partition coefficient (Wildman–Crippen LogP) is 2.49. The molecule has 0 saturated heterocycles. The minimum absolute atomic E-state index is 0.610. The molecule has 0 bridgehead atoms. The first-order chi connectivity index (χ1) is 5.16. The summed E-state index contributed by atoms with van der Waals surface area (Å²) < 4.78 is 0. The highest BCUT2D eigenvalue weighted by molar-refractivity contribution is 4.96. The van der Waals surface area contributed by atoms with E-state index in [4.69, 9.17) is 5.73 Å². The molecule has 0 heterocycles. The third-order valence-electron chi connectivity index (χ3n) is 1.47. The minimum Gasteiger partial charge on any atom is -0.330 e. The molecule has 0 aromatic rings. The molecule has 1 heteroatoms. The van der Waals surface area contributed by atoms with E-state index < -0.39 is 0 Å². The second-order valence-corrected chi connectivity index (χ2v) is 3.14. The fourth-order valence-electron chi connectivity index (χ4n) is 1.04. The molecule has 0 amide bonds. The molecule has 0 aliphatic heterocycles. The van der Waals surface area contributed by atoms with Crippen molar-refractivity contribution in [2.24, 2.45) is 11.7 Å². The van der Waals surface area contributed by atoms with Crippen molar-refractivity contribution < 1.29 is 0 Å². The Balaban J connectivity index is 3.50. The van der Waals surface area contributed by atoms with E-state index in [0.29, 0.717) is 5.92 Å². The summed E-state index contributed by atoms with van der Waals surface area (Å²) in [6, 6.07) is 0. The van der Waals surface area contributed by atoms with Gasteiger partial charge >= 0.3 is 0 Å². The smallest absolute Gasteiger partial charge is 0.00426 e. The Morgan fingerprint density at radius 2 is 2.27 bits per heavy atom. The number of hydrogen-bond acceptors (Lipinski definition) is 1. The van der Waals surface area contributed by atoms with Crippen LogP contribution in [0.5, 0.6) is 0 Å². The lowest BCUT2D eigenvalue weighted by Crippen LogP contribution is -1.96. The monoisotopic (exact) mass is 153 g/mol. The molecule has 1 nitrogen and oxygen atoms in total. The van der Waals surface area contributed by atoms with Gasteiger partial charge in [0, 0.05) is 0 Å². The van der Waals surface area contributed by atoms with Crippen molar-refractivity contribution in [1.82, 2.24) is 0 Å². The van der Waals surface area contributed by atoms with Gasteiger partial charge in [0.1, 0.15) is 0 Å². The summed E-state index contributed by atoms with van der Waals surface area (Å²) in [6.07, 6.45) is 6.43. The first-order valence-electron chi connectivity index (χ1n) is 4.18. The number of allylic oxidation sites excluding steroid dienone is 2.